The van der Waals surface area contributed by atoms with Gasteiger partial charge in [0.15, 0.2) is 0 Å². The molecule has 0 aromatic heterocycles. The topological polar surface area (TPSA) is 79.0 Å². The number of ether oxygens (including phenoxy) is 1. The van der Waals surface area contributed by atoms with E-state index in [1.165, 1.54) is 24.3 Å². The first-order valence-electron chi connectivity index (χ1n) is 11.8. The second-order valence-corrected chi connectivity index (χ2v) is 11.1. The molecule has 0 unspecified atom stereocenters. The van der Waals surface area contributed by atoms with Crippen LogP contribution in [-0.4, -0.2) is 52.1 Å². The van der Waals surface area contributed by atoms with E-state index in [0.29, 0.717) is 17.3 Å². The molecule has 4 rings (SSSR count). The van der Waals surface area contributed by atoms with Gasteiger partial charge in [0, 0.05) is 31.2 Å². The van der Waals surface area contributed by atoms with Crippen molar-refractivity contribution in [3.8, 4) is 0 Å². The summed E-state index contributed by atoms with van der Waals surface area (Å²) >= 11 is 5.95. The third-order valence-electron chi connectivity index (χ3n) is 5.97. The van der Waals surface area contributed by atoms with Crippen LogP contribution in [0.1, 0.15) is 16.7 Å². The Hall–Kier alpha value is -2.91. The highest BCUT2D eigenvalue weighted by Crippen LogP contribution is 2.25. The summed E-state index contributed by atoms with van der Waals surface area (Å²) in [6.07, 6.45) is 0. The second kappa shape index (κ2) is 11.9. The molecule has 1 saturated heterocycles. The van der Waals surface area contributed by atoms with Crippen LogP contribution in [0.4, 0.5) is 5.69 Å². The van der Waals surface area contributed by atoms with Gasteiger partial charge in [0.25, 0.3) is 10.0 Å². The summed E-state index contributed by atoms with van der Waals surface area (Å²) < 4.78 is 33.5. The van der Waals surface area contributed by atoms with Crippen LogP contribution in [0.3, 0.4) is 0 Å². The summed E-state index contributed by atoms with van der Waals surface area (Å²) in [4.78, 5) is 15.4. The van der Waals surface area contributed by atoms with Crippen molar-refractivity contribution in [3.05, 3.63) is 94.5 Å². The lowest BCUT2D eigenvalue weighted by Crippen LogP contribution is -2.40. The lowest BCUT2D eigenvalue weighted by Gasteiger charge is -2.26. The van der Waals surface area contributed by atoms with Crippen LogP contribution in [0.2, 0.25) is 5.02 Å². The first-order valence-corrected chi connectivity index (χ1v) is 13.6. The van der Waals surface area contributed by atoms with Crippen LogP contribution in [0, 0.1) is 6.92 Å². The molecule has 0 spiro atoms. The molecule has 0 atom stereocenters. The maximum atomic E-state index is 13.5. The van der Waals surface area contributed by atoms with Crippen molar-refractivity contribution in [1.29, 1.82) is 0 Å². The van der Waals surface area contributed by atoms with Gasteiger partial charge in [-0.05, 0) is 60.0 Å². The number of sulfonamides is 1. The summed E-state index contributed by atoms with van der Waals surface area (Å²) in [6, 6.07) is 21.1. The minimum Gasteiger partial charge on any atom is -0.379 e. The Morgan fingerprint density at radius 3 is 2.42 bits per heavy atom. The SMILES string of the molecule is Cc1cccc(N(CC(=O)NCc2cccc(CN3CCOCC3)c2)S(=O)(=O)c2ccc(Cl)cc2)c1. The zero-order valence-corrected chi connectivity index (χ0v) is 21.8. The Bertz CT molecular complexity index is 1290. The number of aryl methyl sites for hydroxylation is 1. The summed E-state index contributed by atoms with van der Waals surface area (Å²) in [7, 11) is -3.99. The number of hydrogen-bond acceptors (Lipinski definition) is 5. The first-order chi connectivity index (χ1) is 17.3. The zero-order chi connectivity index (χ0) is 25.5. The van der Waals surface area contributed by atoms with Gasteiger partial charge in [-0.3, -0.25) is 14.0 Å². The molecule has 0 aliphatic carbocycles. The number of halogens is 1. The Morgan fingerprint density at radius 1 is 1.00 bits per heavy atom. The Morgan fingerprint density at radius 2 is 1.69 bits per heavy atom. The highest BCUT2D eigenvalue weighted by molar-refractivity contribution is 7.92. The van der Waals surface area contributed by atoms with Gasteiger partial charge in [-0.1, -0.05) is 48.0 Å². The van der Waals surface area contributed by atoms with Crippen LogP contribution in [0.15, 0.2) is 77.7 Å². The minimum absolute atomic E-state index is 0.0667. The van der Waals surface area contributed by atoms with Crippen molar-refractivity contribution < 1.29 is 17.9 Å². The van der Waals surface area contributed by atoms with Crippen LogP contribution in [0.25, 0.3) is 0 Å². The lowest BCUT2D eigenvalue weighted by molar-refractivity contribution is -0.119. The molecule has 9 heteroatoms. The quantitative estimate of drug-likeness (QED) is 0.455. The van der Waals surface area contributed by atoms with Crippen LogP contribution in [0.5, 0.6) is 0 Å². The smallest absolute Gasteiger partial charge is 0.264 e. The standard InChI is InChI=1S/C27H30ClN3O4S/c1-21-4-2-7-25(16-21)31(36(33,34)26-10-8-24(28)9-11-26)20-27(32)29-18-22-5-3-6-23(17-22)19-30-12-14-35-15-13-30/h2-11,16-17H,12-15,18-20H2,1H3,(H,29,32). The molecule has 3 aromatic carbocycles. The van der Waals surface area contributed by atoms with E-state index >= 15 is 0 Å². The van der Waals surface area contributed by atoms with Gasteiger partial charge in [0.1, 0.15) is 6.54 Å². The fourth-order valence-electron chi connectivity index (χ4n) is 4.07. The van der Waals surface area contributed by atoms with Crippen LogP contribution < -0.4 is 9.62 Å². The van der Waals surface area contributed by atoms with E-state index in [2.05, 4.69) is 22.3 Å². The molecular weight excluding hydrogens is 498 g/mol. The van der Waals surface area contributed by atoms with Crippen molar-refractivity contribution in [2.75, 3.05) is 37.2 Å². The van der Waals surface area contributed by atoms with Gasteiger partial charge in [0.05, 0.1) is 23.8 Å². The van der Waals surface area contributed by atoms with Gasteiger partial charge in [0.2, 0.25) is 5.91 Å². The number of benzene rings is 3. The van der Waals surface area contributed by atoms with Gasteiger partial charge < -0.3 is 10.1 Å². The van der Waals surface area contributed by atoms with Crippen molar-refractivity contribution in [2.24, 2.45) is 0 Å². The summed E-state index contributed by atoms with van der Waals surface area (Å²) in [5.74, 6) is -0.396. The third kappa shape index (κ3) is 6.85. The number of nitrogens with one attached hydrogen (secondary N) is 1. The minimum atomic E-state index is -3.99. The van der Waals surface area contributed by atoms with E-state index in [1.807, 2.05) is 25.1 Å². The fourth-order valence-corrected chi connectivity index (χ4v) is 5.61. The third-order valence-corrected chi connectivity index (χ3v) is 8.01. The van der Waals surface area contributed by atoms with Crippen molar-refractivity contribution in [2.45, 2.75) is 24.9 Å². The summed E-state index contributed by atoms with van der Waals surface area (Å²) in [5, 5.41) is 3.31. The molecule has 0 radical (unpaired) electrons. The lowest BCUT2D eigenvalue weighted by atomic mass is 10.1. The highest BCUT2D eigenvalue weighted by atomic mass is 35.5. The van der Waals surface area contributed by atoms with E-state index in [0.717, 1.165) is 53.8 Å². The number of morpholine rings is 1. The fraction of sp³-hybridized carbons (Fsp3) is 0.296. The molecule has 1 fully saturated rings. The Kier molecular flexibility index (Phi) is 8.64. The Labute approximate surface area is 217 Å². The highest BCUT2D eigenvalue weighted by Gasteiger charge is 2.27. The van der Waals surface area contributed by atoms with E-state index in [1.54, 1.807) is 18.2 Å². The number of hydrogen-bond donors (Lipinski definition) is 1. The average molecular weight is 528 g/mol. The monoisotopic (exact) mass is 527 g/mol. The molecule has 1 aliphatic heterocycles. The van der Waals surface area contributed by atoms with Crippen LogP contribution >= 0.6 is 11.6 Å². The summed E-state index contributed by atoms with van der Waals surface area (Å²) in [5.41, 5.74) is 3.43. The number of nitrogens with zero attached hydrogens (tertiary/aromatic N) is 2. The second-order valence-electron chi connectivity index (χ2n) is 8.79. The molecule has 3 aromatic rings. The molecule has 7 nitrogen and oxygen atoms in total. The van der Waals surface area contributed by atoms with E-state index < -0.39 is 15.9 Å². The van der Waals surface area contributed by atoms with Crippen molar-refractivity contribution >= 4 is 33.2 Å². The molecule has 36 heavy (non-hydrogen) atoms. The van der Waals surface area contributed by atoms with Gasteiger partial charge in [-0.25, -0.2) is 8.42 Å². The van der Waals surface area contributed by atoms with Crippen molar-refractivity contribution in [3.63, 3.8) is 0 Å². The van der Waals surface area contributed by atoms with Crippen LogP contribution in [-0.2, 0) is 32.6 Å². The van der Waals surface area contributed by atoms with Crippen molar-refractivity contribution in [1.82, 2.24) is 10.2 Å². The number of carbonyl (C=O) groups is 1. The molecule has 1 heterocycles. The molecule has 1 amide bonds. The maximum absolute atomic E-state index is 13.5. The predicted octanol–water partition coefficient (Wildman–Crippen LogP) is 3.99. The molecule has 190 valence electrons. The Balaban J connectivity index is 1.47. The molecular formula is C27H30ClN3O4S. The molecule has 1 aliphatic rings. The summed E-state index contributed by atoms with van der Waals surface area (Å²) in [6.45, 7) is 5.94. The molecule has 0 bridgehead atoms. The van der Waals surface area contributed by atoms with E-state index in [-0.39, 0.29) is 11.4 Å². The normalized spacial score (nSPS) is 14.4. The number of rotatable bonds is 9. The zero-order valence-electron chi connectivity index (χ0n) is 20.2. The molecule has 0 saturated carbocycles. The first kappa shape index (κ1) is 26.2. The van der Waals surface area contributed by atoms with Gasteiger partial charge in [-0.2, -0.15) is 0 Å². The van der Waals surface area contributed by atoms with E-state index in [4.69, 9.17) is 16.3 Å². The van der Waals surface area contributed by atoms with Gasteiger partial charge >= 0.3 is 0 Å². The van der Waals surface area contributed by atoms with E-state index in [9.17, 15) is 13.2 Å². The van der Waals surface area contributed by atoms with Gasteiger partial charge in [-0.15, -0.1) is 0 Å². The molecule has 1 N–H and O–H groups in total. The number of anilines is 1. The average Bonchev–Trinajstić information content (AvgIpc) is 2.87. The largest absolute Gasteiger partial charge is 0.379 e. The maximum Gasteiger partial charge on any atom is 0.264 e. The predicted molar refractivity (Wildman–Crippen MR) is 142 cm³/mol. The number of amides is 1. The number of carbonyl (C=O) groups excluding carboxylic acids is 1.